The maximum atomic E-state index is 11.5. The van der Waals surface area contributed by atoms with Crippen molar-refractivity contribution < 1.29 is 63.3 Å². The molecule has 0 aliphatic rings. The predicted molar refractivity (Wildman–Crippen MR) is 182 cm³/mol. The highest BCUT2D eigenvalue weighted by Crippen LogP contribution is 2.22. The van der Waals surface area contributed by atoms with Crippen molar-refractivity contribution in [3.8, 4) is 0 Å². The van der Waals surface area contributed by atoms with E-state index in [0.29, 0.717) is 38.5 Å². The van der Waals surface area contributed by atoms with Crippen LogP contribution in [0.15, 0.2) is 50.6 Å². The van der Waals surface area contributed by atoms with E-state index in [4.69, 9.17) is 23.7 Å². The molecule has 0 aromatic heterocycles. The Hall–Kier alpha value is -3.36. The molecule has 13 heteroatoms. The summed E-state index contributed by atoms with van der Waals surface area (Å²) in [5.74, 6) is -2.48. The molecule has 0 aromatic rings. The zero-order valence-electron chi connectivity index (χ0n) is 28.8. The second kappa shape index (κ2) is 29.5. The quantitative estimate of drug-likeness (QED) is 0.0345. The molecule has 0 amide bonds. The number of aliphatic hydroxyl groups is 4. The zero-order valence-corrected chi connectivity index (χ0v) is 28.8. The van der Waals surface area contributed by atoms with Gasteiger partial charge in [0.1, 0.15) is 26.4 Å². The molecule has 0 radical (unpaired) electrons. The van der Waals surface area contributed by atoms with Gasteiger partial charge in [-0.2, -0.15) is 0 Å². The highest BCUT2D eigenvalue weighted by atomic mass is 16.6. The first-order valence-electron chi connectivity index (χ1n) is 17.0. The molecular formula is C36H58O13. The molecule has 0 fully saturated rings. The summed E-state index contributed by atoms with van der Waals surface area (Å²) in [4.78, 5) is 45.4. The summed E-state index contributed by atoms with van der Waals surface area (Å²) in [6.07, 6.45) is 8.23. The second-order valence-electron chi connectivity index (χ2n) is 11.8. The van der Waals surface area contributed by atoms with Gasteiger partial charge in [0.25, 0.3) is 0 Å². The van der Waals surface area contributed by atoms with Crippen molar-refractivity contribution in [2.24, 2.45) is 0 Å². The van der Waals surface area contributed by atoms with Crippen molar-refractivity contribution in [3.05, 3.63) is 50.6 Å². The Morgan fingerprint density at radius 3 is 0.980 bits per heavy atom. The lowest BCUT2D eigenvalue weighted by Crippen LogP contribution is -2.32. The maximum Gasteiger partial charge on any atom is 0.330 e. The van der Waals surface area contributed by atoms with Crippen LogP contribution in [0.25, 0.3) is 0 Å². The maximum absolute atomic E-state index is 11.5. The molecule has 0 aliphatic heterocycles. The molecule has 6 unspecified atom stereocenters. The number of unbranched alkanes of at least 4 members (excludes halogenated alkanes) is 6. The molecule has 0 aliphatic carbocycles. The smallest absolute Gasteiger partial charge is 0.330 e. The minimum atomic E-state index is -1.00. The summed E-state index contributed by atoms with van der Waals surface area (Å²) in [5.41, 5.74) is 0. The molecule has 0 bridgehead atoms. The van der Waals surface area contributed by atoms with Gasteiger partial charge in [-0.1, -0.05) is 77.7 Å². The van der Waals surface area contributed by atoms with Crippen molar-refractivity contribution >= 4 is 23.9 Å². The number of carbonyl (C=O) groups excluding carboxylic acids is 4. The van der Waals surface area contributed by atoms with E-state index in [1.165, 1.54) is 0 Å². The summed E-state index contributed by atoms with van der Waals surface area (Å²) in [6, 6.07) is 0. The van der Waals surface area contributed by atoms with Gasteiger partial charge < -0.3 is 44.1 Å². The topological polar surface area (TPSA) is 195 Å². The molecule has 0 aromatic carbocycles. The van der Waals surface area contributed by atoms with Gasteiger partial charge in [-0.25, -0.2) is 19.2 Å². The lowest BCUT2D eigenvalue weighted by Gasteiger charge is -2.28. The third-order valence-corrected chi connectivity index (χ3v) is 7.42. The van der Waals surface area contributed by atoms with Crippen LogP contribution in [0.2, 0.25) is 0 Å². The summed E-state index contributed by atoms with van der Waals surface area (Å²) in [6.45, 7) is 12.7. The first kappa shape index (κ1) is 45.6. The van der Waals surface area contributed by atoms with Crippen molar-refractivity contribution in [1.29, 1.82) is 0 Å². The van der Waals surface area contributed by atoms with Crippen LogP contribution in [-0.4, -0.2) is 107 Å². The number of hydrogen-bond donors (Lipinski definition) is 4. The van der Waals surface area contributed by atoms with Crippen LogP contribution >= 0.6 is 0 Å². The summed E-state index contributed by atoms with van der Waals surface area (Å²) >= 11 is 0. The third kappa shape index (κ3) is 27.2. The van der Waals surface area contributed by atoms with E-state index in [1.807, 2.05) is 0 Å². The summed E-state index contributed by atoms with van der Waals surface area (Å²) in [7, 11) is 0. The predicted octanol–water partition coefficient (Wildman–Crippen LogP) is 3.56. The summed E-state index contributed by atoms with van der Waals surface area (Å²) < 4.78 is 26.1. The van der Waals surface area contributed by atoms with Gasteiger partial charge in [0, 0.05) is 37.1 Å². The molecule has 4 N–H and O–H groups in total. The molecular weight excluding hydrogens is 640 g/mol. The van der Waals surface area contributed by atoms with Crippen molar-refractivity contribution in [2.75, 3.05) is 26.4 Å². The van der Waals surface area contributed by atoms with E-state index in [0.717, 1.165) is 62.8 Å². The fraction of sp³-hybridized carbons (Fsp3) is 0.667. The molecule has 0 saturated heterocycles. The van der Waals surface area contributed by atoms with E-state index < -0.39 is 60.5 Å². The molecule has 0 saturated carbocycles. The standard InChI is InChI=1S/C36H58O13/c1-5-33(41)45-23-27(37)17-13-9-11-15-19-31(21-29(39)25-47-35(43)7-3)49-32(22-30(40)26-48-36(44)8-4)20-16-12-10-14-18-28(38)24-46-34(42)6-2/h5-8,27-32,37-40H,1-4,9-26H2. The molecule has 0 heterocycles. The second-order valence-corrected chi connectivity index (χ2v) is 11.8. The third-order valence-electron chi connectivity index (χ3n) is 7.42. The number of esters is 4. The zero-order chi connectivity index (χ0) is 36.9. The van der Waals surface area contributed by atoms with Crippen LogP contribution in [0, 0.1) is 0 Å². The lowest BCUT2D eigenvalue weighted by molar-refractivity contribution is -0.143. The fourth-order valence-electron chi connectivity index (χ4n) is 4.82. The van der Waals surface area contributed by atoms with Gasteiger partial charge in [-0.05, 0) is 25.7 Å². The number of rotatable bonds is 32. The Morgan fingerprint density at radius 1 is 0.429 bits per heavy atom. The average Bonchev–Trinajstić information content (AvgIpc) is 3.09. The molecule has 0 rings (SSSR count). The van der Waals surface area contributed by atoms with E-state index in [2.05, 4.69) is 26.3 Å². The highest BCUT2D eigenvalue weighted by Gasteiger charge is 2.23. The van der Waals surface area contributed by atoms with Crippen LogP contribution in [-0.2, 0) is 42.9 Å². The monoisotopic (exact) mass is 698 g/mol. The number of ether oxygens (including phenoxy) is 5. The number of aliphatic hydroxyl groups excluding tert-OH is 4. The highest BCUT2D eigenvalue weighted by molar-refractivity contribution is 5.82. The molecule has 13 nitrogen and oxygen atoms in total. The van der Waals surface area contributed by atoms with Gasteiger partial charge in [0.05, 0.1) is 36.6 Å². The van der Waals surface area contributed by atoms with Crippen LogP contribution in [0.4, 0.5) is 0 Å². The Labute approximate surface area is 290 Å². The molecule has 0 spiro atoms. The minimum Gasteiger partial charge on any atom is -0.460 e. The Balaban J connectivity index is 5.18. The lowest BCUT2D eigenvalue weighted by atomic mass is 10.0. The first-order valence-corrected chi connectivity index (χ1v) is 17.0. The molecule has 49 heavy (non-hydrogen) atoms. The van der Waals surface area contributed by atoms with E-state index in [-0.39, 0.29) is 39.3 Å². The largest absolute Gasteiger partial charge is 0.460 e. The van der Waals surface area contributed by atoms with E-state index >= 15 is 0 Å². The molecule has 280 valence electrons. The first-order chi connectivity index (χ1) is 23.4. The van der Waals surface area contributed by atoms with Crippen LogP contribution in [0.5, 0.6) is 0 Å². The number of hydrogen-bond acceptors (Lipinski definition) is 13. The van der Waals surface area contributed by atoms with Crippen LogP contribution in [0.1, 0.15) is 89.9 Å². The number of carbonyl (C=O) groups is 4. The van der Waals surface area contributed by atoms with Gasteiger partial charge in [-0.15, -0.1) is 0 Å². The SMILES string of the molecule is C=CC(=O)OCC(O)CCCCCCC(CC(O)COC(=O)C=C)OC(CCCCCCC(O)COC(=O)C=C)CC(O)COC(=O)C=C. The summed E-state index contributed by atoms with van der Waals surface area (Å²) in [5, 5.41) is 41.2. The van der Waals surface area contributed by atoms with Crippen LogP contribution < -0.4 is 0 Å². The van der Waals surface area contributed by atoms with Gasteiger partial charge in [0.2, 0.25) is 0 Å². The van der Waals surface area contributed by atoms with Gasteiger partial charge >= 0.3 is 23.9 Å². The van der Waals surface area contributed by atoms with E-state index in [1.54, 1.807) is 0 Å². The van der Waals surface area contributed by atoms with Crippen LogP contribution in [0.3, 0.4) is 0 Å². The normalized spacial score (nSPS) is 14.6. The average molecular weight is 699 g/mol. The van der Waals surface area contributed by atoms with E-state index in [9.17, 15) is 39.6 Å². The fourth-order valence-corrected chi connectivity index (χ4v) is 4.82. The van der Waals surface area contributed by atoms with Gasteiger partial charge in [0.15, 0.2) is 0 Å². The van der Waals surface area contributed by atoms with Gasteiger partial charge in [-0.3, -0.25) is 0 Å². The Morgan fingerprint density at radius 2 is 0.694 bits per heavy atom. The molecule has 6 atom stereocenters. The Kier molecular flexibility index (Phi) is 27.5. The van der Waals surface area contributed by atoms with Crippen molar-refractivity contribution in [1.82, 2.24) is 0 Å². The van der Waals surface area contributed by atoms with Crippen molar-refractivity contribution in [3.63, 3.8) is 0 Å². The minimum absolute atomic E-state index is 0.0930. The van der Waals surface area contributed by atoms with Crippen molar-refractivity contribution in [2.45, 2.75) is 127 Å². The Bertz CT molecular complexity index is 906.